The Morgan fingerprint density at radius 1 is 1.00 bits per heavy atom. The molecule has 0 spiro atoms. The Hall–Kier alpha value is -3.64. The second-order valence-electron chi connectivity index (χ2n) is 8.18. The minimum Gasteiger partial charge on any atom is -0.495 e. The second kappa shape index (κ2) is 11.0. The van der Waals surface area contributed by atoms with Crippen molar-refractivity contribution in [2.75, 3.05) is 13.7 Å². The largest absolute Gasteiger partial charge is 0.495 e. The molecule has 34 heavy (non-hydrogen) atoms. The minimum atomic E-state index is -0.112. The van der Waals surface area contributed by atoms with Gasteiger partial charge >= 0.3 is 4.87 Å². The quantitative estimate of drug-likeness (QED) is 0.321. The number of carbonyl (C=O) groups excluding carboxylic acids is 1. The van der Waals surface area contributed by atoms with E-state index in [1.165, 1.54) is 5.56 Å². The lowest BCUT2D eigenvalue weighted by atomic mass is 10.1. The highest BCUT2D eigenvalue weighted by atomic mass is 32.1. The monoisotopic (exact) mass is 472 g/mol. The zero-order valence-corrected chi connectivity index (χ0v) is 20.2. The van der Waals surface area contributed by atoms with Crippen molar-refractivity contribution in [1.82, 2.24) is 9.88 Å². The van der Waals surface area contributed by atoms with Crippen molar-refractivity contribution in [3.8, 4) is 22.7 Å². The van der Waals surface area contributed by atoms with Crippen molar-refractivity contribution in [3.63, 3.8) is 0 Å². The zero-order valence-electron chi connectivity index (χ0n) is 19.4. The second-order valence-corrected chi connectivity index (χ2v) is 9.00. The Bertz CT molecular complexity index is 1320. The van der Waals surface area contributed by atoms with Gasteiger partial charge in [-0.15, -0.1) is 0 Å². The number of carbonyl (C=O) groups is 1. The third kappa shape index (κ3) is 5.46. The summed E-state index contributed by atoms with van der Waals surface area (Å²) in [4.78, 5) is 25.4. The number of hydrogen-bond acceptors (Lipinski definition) is 4. The van der Waals surface area contributed by atoms with E-state index in [1.54, 1.807) is 17.7 Å². The van der Waals surface area contributed by atoms with Crippen molar-refractivity contribution in [1.29, 1.82) is 0 Å². The summed E-state index contributed by atoms with van der Waals surface area (Å²) in [6.07, 6.45) is 2.94. The first-order valence-corrected chi connectivity index (χ1v) is 12.2. The lowest BCUT2D eigenvalue weighted by Crippen LogP contribution is -2.24. The van der Waals surface area contributed by atoms with E-state index >= 15 is 0 Å². The first kappa shape index (κ1) is 23.5. The number of nitrogens with one attached hydrogen (secondary N) is 1. The summed E-state index contributed by atoms with van der Waals surface area (Å²) >= 11 is 1.13. The number of methoxy groups -OCH3 is 1. The molecule has 6 heteroatoms. The van der Waals surface area contributed by atoms with E-state index in [-0.39, 0.29) is 10.8 Å². The first-order chi connectivity index (χ1) is 16.6. The van der Waals surface area contributed by atoms with Crippen LogP contribution in [0.15, 0.2) is 83.0 Å². The van der Waals surface area contributed by atoms with E-state index in [9.17, 15) is 9.59 Å². The number of unbranched alkanes of at least 4 members (excludes halogenated alkanes) is 1. The maximum atomic E-state index is 12.8. The number of benzene rings is 3. The van der Waals surface area contributed by atoms with Crippen LogP contribution in [0.1, 0.15) is 34.3 Å². The van der Waals surface area contributed by atoms with Crippen LogP contribution in [0.25, 0.3) is 16.9 Å². The molecule has 0 saturated carbocycles. The highest BCUT2D eigenvalue weighted by Crippen LogP contribution is 2.29. The third-order valence-electron chi connectivity index (χ3n) is 5.71. The molecule has 3 aromatic carbocycles. The van der Waals surface area contributed by atoms with Gasteiger partial charge in [-0.2, -0.15) is 0 Å². The maximum Gasteiger partial charge on any atom is 0.312 e. The Morgan fingerprint density at radius 3 is 2.62 bits per heavy atom. The molecule has 0 aliphatic carbocycles. The van der Waals surface area contributed by atoms with Gasteiger partial charge in [-0.1, -0.05) is 59.9 Å². The van der Waals surface area contributed by atoms with Crippen molar-refractivity contribution in [2.24, 2.45) is 0 Å². The van der Waals surface area contributed by atoms with Gasteiger partial charge in [0.15, 0.2) is 0 Å². The predicted octanol–water partition coefficient (Wildman–Crippen LogP) is 5.64. The Morgan fingerprint density at radius 2 is 1.82 bits per heavy atom. The molecule has 0 aliphatic heterocycles. The van der Waals surface area contributed by atoms with Crippen LogP contribution in [0.4, 0.5) is 0 Å². The minimum absolute atomic E-state index is 0.106. The van der Waals surface area contributed by atoms with Gasteiger partial charge in [0.05, 0.1) is 18.5 Å². The number of amides is 1. The normalized spacial score (nSPS) is 10.8. The molecule has 0 fully saturated rings. The fourth-order valence-electron chi connectivity index (χ4n) is 3.93. The van der Waals surface area contributed by atoms with E-state index in [0.717, 1.165) is 47.4 Å². The van der Waals surface area contributed by atoms with Crippen LogP contribution in [0.3, 0.4) is 0 Å². The molecule has 0 radical (unpaired) electrons. The molecular weight excluding hydrogens is 444 g/mol. The van der Waals surface area contributed by atoms with E-state index < -0.39 is 0 Å². The Balaban J connectivity index is 1.47. The fourth-order valence-corrected chi connectivity index (χ4v) is 4.68. The molecule has 4 rings (SSSR count). The van der Waals surface area contributed by atoms with Crippen LogP contribution in [-0.2, 0) is 6.42 Å². The fraction of sp³-hybridized carbons (Fsp3) is 0.214. The van der Waals surface area contributed by atoms with Gasteiger partial charge in [-0.05, 0) is 61.6 Å². The molecule has 1 heterocycles. The van der Waals surface area contributed by atoms with E-state index in [2.05, 4.69) is 17.4 Å². The molecule has 1 aromatic heterocycles. The number of thiazole rings is 1. The van der Waals surface area contributed by atoms with Crippen LogP contribution in [0.5, 0.6) is 5.75 Å². The molecule has 5 nitrogen and oxygen atoms in total. The summed E-state index contributed by atoms with van der Waals surface area (Å²) in [5.41, 5.74) is 5.15. The molecular formula is C28H28N2O3S. The van der Waals surface area contributed by atoms with E-state index in [0.29, 0.717) is 23.5 Å². The van der Waals surface area contributed by atoms with Gasteiger partial charge in [-0.3, -0.25) is 14.2 Å². The highest BCUT2D eigenvalue weighted by Gasteiger charge is 2.16. The van der Waals surface area contributed by atoms with Crippen LogP contribution in [-0.4, -0.2) is 24.1 Å². The zero-order chi connectivity index (χ0) is 23.9. The number of hydrogen-bond donors (Lipinski definition) is 1. The average Bonchev–Trinajstić information content (AvgIpc) is 3.25. The van der Waals surface area contributed by atoms with E-state index in [4.69, 9.17) is 4.74 Å². The Labute approximate surface area is 203 Å². The summed E-state index contributed by atoms with van der Waals surface area (Å²) in [6, 6.07) is 23.5. The van der Waals surface area contributed by atoms with Crippen molar-refractivity contribution >= 4 is 17.2 Å². The Kier molecular flexibility index (Phi) is 7.60. The smallest absolute Gasteiger partial charge is 0.312 e. The van der Waals surface area contributed by atoms with Crippen molar-refractivity contribution in [2.45, 2.75) is 26.2 Å². The maximum absolute atomic E-state index is 12.8. The molecule has 174 valence electrons. The van der Waals surface area contributed by atoms with Crippen LogP contribution in [0.2, 0.25) is 0 Å². The summed E-state index contributed by atoms with van der Waals surface area (Å²) in [7, 11) is 1.60. The SMILES string of the molecule is COc1cc(C)ccc1-n1c(-c2cccc(C(=O)NCCCCc3ccccc3)c2)csc1=O. The number of aryl methyl sites for hydroxylation is 2. The average molecular weight is 473 g/mol. The van der Waals surface area contributed by atoms with Crippen molar-refractivity contribution in [3.05, 3.63) is 105 Å². The molecule has 0 saturated heterocycles. The predicted molar refractivity (Wildman–Crippen MR) is 138 cm³/mol. The summed E-state index contributed by atoms with van der Waals surface area (Å²) in [5.74, 6) is 0.518. The van der Waals surface area contributed by atoms with Gasteiger partial charge in [-0.25, -0.2) is 0 Å². The molecule has 0 bridgehead atoms. The van der Waals surface area contributed by atoms with Crippen LogP contribution >= 0.6 is 11.3 Å². The van der Waals surface area contributed by atoms with E-state index in [1.807, 2.05) is 66.9 Å². The number of nitrogens with zero attached hydrogens (tertiary/aromatic N) is 1. The summed E-state index contributed by atoms with van der Waals surface area (Å²) < 4.78 is 7.17. The lowest BCUT2D eigenvalue weighted by Gasteiger charge is -2.13. The number of ether oxygens (including phenoxy) is 1. The summed E-state index contributed by atoms with van der Waals surface area (Å²) in [6.45, 7) is 2.60. The van der Waals surface area contributed by atoms with Gasteiger partial charge in [0.25, 0.3) is 5.91 Å². The molecule has 1 amide bonds. The summed E-state index contributed by atoms with van der Waals surface area (Å²) in [5, 5.41) is 4.84. The molecule has 0 aliphatic rings. The van der Waals surface area contributed by atoms with Gasteiger partial charge < -0.3 is 10.1 Å². The molecule has 1 N–H and O–H groups in total. The van der Waals surface area contributed by atoms with Crippen LogP contribution in [0, 0.1) is 6.92 Å². The van der Waals surface area contributed by atoms with Gasteiger partial charge in [0.1, 0.15) is 5.75 Å². The van der Waals surface area contributed by atoms with Crippen molar-refractivity contribution < 1.29 is 9.53 Å². The third-order valence-corrected chi connectivity index (χ3v) is 6.44. The molecule has 0 unspecified atom stereocenters. The first-order valence-electron chi connectivity index (χ1n) is 11.3. The lowest BCUT2D eigenvalue weighted by molar-refractivity contribution is 0.0953. The highest BCUT2D eigenvalue weighted by molar-refractivity contribution is 7.07. The van der Waals surface area contributed by atoms with Crippen LogP contribution < -0.4 is 14.9 Å². The topological polar surface area (TPSA) is 60.3 Å². The molecule has 0 atom stereocenters. The van der Waals surface area contributed by atoms with Gasteiger partial charge in [0.2, 0.25) is 0 Å². The molecule has 4 aromatic rings. The van der Waals surface area contributed by atoms with Gasteiger partial charge in [0, 0.05) is 23.1 Å². The standard InChI is InChI=1S/C28H28N2O3S/c1-20-14-15-24(26(17-20)33-2)30-25(19-34-28(30)32)22-12-8-13-23(18-22)27(31)29-16-7-6-11-21-9-4-3-5-10-21/h3-5,8-10,12-15,17-19H,6-7,11,16H2,1-2H3,(H,29,31). The number of rotatable bonds is 9. The number of aromatic nitrogens is 1.